The molecule has 1 atom stereocenters. The Balaban J connectivity index is 2.64. The molecule has 6 heteroatoms. The van der Waals surface area contributed by atoms with E-state index in [0.717, 1.165) is 18.4 Å². The fourth-order valence-electron chi connectivity index (χ4n) is 1.91. The Morgan fingerprint density at radius 2 is 1.82 bits per heavy atom. The van der Waals surface area contributed by atoms with Gasteiger partial charge in [-0.15, -0.1) is 0 Å². The molecule has 1 rings (SSSR count). The molecule has 0 bridgehead atoms. The summed E-state index contributed by atoms with van der Waals surface area (Å²) in [5.41, 5.74) is 1.27. The van der Waals surface area contributed by atoms with Gasteiger partial charge in [0.25, 0.3) is 5.91 Å². The van der Waals surface area contributed by atoms with Crippen LogP contribution >= 0.6 is 0 Å². The van der Waals surface area contributed by atoms with Gasteiger partial charge in [0.05, 0.1) is 0 Å². The standard InChI is InChI=1S/C16H22N2O4/c1-3-4-5-14(16(21)22)18-15(20)13-8-6-12(7-9-13)10-17-11(2)19/h6-9,14H,3-5,10H2,1-2H3,(H,17,19)(H,18,20)(H,21,22)/t14-/m0/s1. The molecule has 0 aromatic heterocycles. The summed E-state index contributed by atoms with van der Waals surface area (Å²) in [7, 11) is 0. The molecule has 0 radical (unpaired) electrons. The van der Waals surface area contributed by atoms with E-state index >= 15 is 0 Å². The van der Waals surface area contributed by atoms with Gasteiger partial charge in [-0.05, 0) is 24.1 Å². The van der Waals surface area contributed by atoms with Crippen LogP contribution in [0.25, 0.3) is 0 Å². The van der Waals surface area contributed by atoms with Crippen molar-refractivity contribution in [2.45, 2.75) is 45.7 Å². The van der Waals surface area contributed by atoms with E-state index < -0.39 is 17.9 Å². The van der Waals surface area contributed by atoms with Crippen molar-refractivity contribution in [1.82, 2.24) is 10.6 Å². The van der Waals surface area contributed by atoms with E-state index in [2.05, 4.69) is 10.6 Å². The predicted molar refractivity (Wildman–Crippen MR) is 82.4 cm³/mol. The number of rotatable bonds is 8. The zero-order chi connectivity index (χ0) is 16.5. The number of aliphatic carboxylic acids is 1. The van der Waals surface area contributed by atoms with Gasteiger partial charge in [-0.1, -0.05) is 31.9 Å². The van der Waals surface area contributed by atoms with Gasteiger partial charge in [-0.25, -0.2) is 4.79 Å². The van der Waals surface area contributed by atoms with Crippen molar-refractivity contribution >= 4 is 17.8 Å². The maximum Gasteiger partial charge on any atom is 0.326 e. The van der Waals surface area contributed by atoms with Crippen LogP contribution in [0.3, 0.4) is 0 Å². The van der Waals surface area contributed by atoms with Gasteiger partial charge >= 0.3 is 5.97 Å². The van der Waals surface area contributed by atoms with Crippen LogP contribution in [0.2, 0.25) is 0 Å². The van der Waals surface area contributed by atoms with Gasteiger partial charge in [0.15, 0.2) is 0 Å². The first-order valence-electron chi connectivity index (χ1n) is 7.31. The molecule has 120 valence electrons. The first-order valence-corrected chi connectivity index (χ1v) is 7.31. The lowest BCUT2D eigenvalue weighted by molar-refractivity contribution is -0.139. The Morgan fingerprint density at radius 3 is 2.32 bits per heavy atom. The number of hydrogen-bond donors (Lipinski definition) is 3. The minimum atomic E-state index is -1.02. The summed E-state index contributed by atoms with van der Waals surface area (Å²) in [6.07, 6.45) is 2.03. The molecule has 22 heavy (non-hydrogen) atoms. The summed E-state index contributed by atoms with van der Waals surface area (Å²) in [6.45, 7) is 3.80. The van der Waals surface area contributed by atoms with Crippen molar-refractivity contribution in [2.75, 3.05) is 0 Å². The molecule has 3 N–H and O–H groups in total. The quantitative estimate of drug-likeness (QED) is 0.681. The third-order valence-corrected chi connectivity index (χ3v) is 3.21. The summed E-state index contributed by atoms with van der Waals surface area (Å²) >= 11 is 0. The number of carbonyl (C=O) groups is 3. The molecule has 6 nitrogen and oxygen atoms in total. The average molecular weight is 306 g/mol. The highest BCUT2D eigenvalue weighted by Crippen LogP contribution is 2.07. The third-order valence-electron chi connectivity index (χ3n) is 3.21. The van der Waals surface area contributed by atoms with Crippen LogP contribution in [0, 0.1) is 0 Å². The van der Waals surface area contributed by atoms with Crippen LogP contribution in [0.5, 0.6) is 0 Å². The van der Waals surface area contributed by atoms with E-state index in [1.807, 2.05) is 6.92 Å². The Morgan fingerprint density at radius 1 is 1.18 bits per heavy atom. The van der Waals surface area contributed by atoms with Gasteiger partial charge in [-0.2, -0.15) is 0 Å². The maximum atomic E-state index is 12.1. The van der Waals surface area contributed by atoms with E-state index in [1.165, 1.54) is 6.92 Å². The second-order valence-corrected chi connectivity index (χ2v) is 5.11. The highest BCUT2D eigenvalue weighted by Gasteiger charge is 2.19. The summed E-state index contributed by atoms with van der Waals surface area (Å²) in [5, 5.41) is 14.3. The monoisotopic (exact) mass is 306 g/mol. The van der Waals surface area contributed by atoms with Crippen molar-refractivity contribution in [3.63, 3.8) is 0 Å². The summed E-state index contributed by atoms with van der Waals surface area (Å²) in [5.74, 6) is -1.55. The first kappa shape index (κ1) is 17.7. The Kier molecular flexibility index (Phi) is 7.08. The number of amides is 2. The molecule has 0 saturated carbocycles. The number of carboxylic acids is 1. The van der Waals surface area contributed by atoms with Crippen molar-refractivity contribution in [2.24, 2.45) is 0 Å². The van der Waals surface area contributed by atoms with E-state index in [1.54, 1.807) is 24.3 Å². The molecule has 0 heterocycles. The molecule has 0 unspecified atom stereocenters. The lowest BCUT2D eigenvalue weighted by Crippen LogP contribution is -2.40. The van der Waals surface area contributed by atoms with Gasteiger partial charge in [0.1, 0.15) is 6.04 Å². The van der Waals surface area contributed by atoms with Crippen molar-refractivity contribution in [1.29, 1.82) is 0 Å². The zero-order valence-corrected chi connectivity index (χ0v) is 12.9. The number of hydrogen-bond acceptors (Lipinski definition) is 3. The summed E-state index contributed by atoms with van der Waals surface area (Å²) in [4.78, 5) is 34.0. The minimum Gasteiger partial charge on any atom is -0.480 e. The lowest BCUT2D eigenvalue weighted by Gasteiger charge is -2.14. The number of carbonyl (C=O) groups excluding carboxylic acids is 2. The van der Waals surface area contributed by atoms with Crippen LogP contribution < -0.4 is 10.6 Å². The average Bonchev–Trinajstić information content (AvgIpc) is 2.49. The molecule has 0 aliphatic rings. The normalized spacial score (nSPS) is 11.5. The van der Waals surface area contributed by atoms with E-state index in [0.29, 0.717) is 18.5 Å². The van der Waals surface area contributed by atoms with Crippen LogP contribution in [0.1, 0.15) is 49.0 Å². The van der Waals surface area contributed by atoms with Gasteiger partial charge in [0, 0.05) is 19.0 Å². The second-order valence-electron chi connectivity index (χ2n) is 5.11. The van der Waals surface area contributed by atoms with Gasteiger partial charge in [0.2, 0.25) is 5.91 Å². The molecule has 0 spiro atoms. The Hall–Kier alpha value is -2.37. The van der Waals surface area contributed by atoms with Gasteiger partial charge < -0.3 is 15.7 Å². The number of carboxylic acid groups (broad SMARTS) is 1. The van der Waals surface area contributed by atoms with Crippen molar-refractivity contribution in [3.8, 4) is 0 Å². The largest absolute Gasteiger partial charge is 0.480 e. The smallest absolute Gasteiger partial charge is 0.326 e. The predicted octanol–water partition coefficient (Wildman–Crippen LogP) is 1.70. The first-order chi connectivity index (χ1) is 10.4. The van der Waals surface area contributed by atoms with E-state index in [9.17, 15) is 14.4 Å². The van der Waals surface area contributed by atoms with Crippen LogP contribution in [-0.2, 0) is 16.1 Å². The number of nitrogens with one attached hydrogen (secondary N) is 2. The molecule has 0 aliphatic carbocycles. The molecule has 0 saturated heterocycles. The third kappa shape index (κ3) is 5.95. The second kappa shape index (κ2) is 8.81. The molecular weight excluding hydrogens is 284 g/mol. The van der Waals surface area contributed by atoms with Gasteiger partial charge in [-0.3, -0.25) is 9.59 Å². The molecule has 1 aromatic rings. The summed E-state index contributed by atoms with van der Waals surface area (Å²) in [6, 6.07) is 5.82. The van der Waals surface area contributed by atoms with Crippen molar-refractivity contribution in [3.05, 3.63) is 35.4 Å². The van der Waals surface area contributed by atoms with Crippen LogP contribution in [0.15, 0.2) is 24.3 Å². The van der Waals surface area contributed by atoms with Crippen molar-refractivity contribution < 1.29 is 19.5 Å². The molecule has 2 amide bonds. The topological polar surface area (TPSA) is 95.5 Å². The fraction of sp³-hybridized carbons (Fsp3) is 0.438. The van der Waals surface area contributed by atoms with Crippen LogP contribution in [-0.4, -0.2) is 28.9 Å². The Bertz CT molecular complexity index is 525. The van der Waals surface area contributed by atoms with E-state index in [4.69, 9.17) is 5.11 Å². The molecule has 1 aromatic carbocycles. The zero-order valence-electron chi connectivity index (χ0n) is 12.9. The number of unbranched alkanes of at least 4 members (excludes halogenated alkanes) is 1. The fourth-order valence-corrected chi connectivity index (χ4v) is 1.91. The maximum absolute atomic E-state index is 12.1. The minimum absolute atomic E-state index is 0.123. The highest BCUT2D eigenvalue weighted by molar-refractivity contribution is 5.96. The highest BCUT2D eigenvalue weighted by atomic mass is 16.4. The molecule has 0 fully saturated rings. The number of benzene rings is 1. The SMILES string of the molecule is CCCC[C@H](NC(=O)c1ccc(CNC(C)=O)cc1)C(=O)O. The lowest BCUT2D eigenvalue weighted by atomic mass is 10.1. The Labute approximate surface area is 129 Å². The summed E-state index contributed by atoms with van der Waals surface area (Å²) < 4.78 is 0. The molecular formula is C16H22N2O4. The van der Waals surface area contributed by atoms with Crippen LogP contribution in [0.4, 0.5) is 0 Å². The van der Waals surface area contributed by atoms with E-state index in [-0.39, 0.29) is 5.91 Å². The molecule has 0 aliphatic heterocycles.